The lowest BCUT2D eigenvalue weighted by atomic mass is 9.88. The summed E-state index contributed by atoms with van der Waals surface area (Å²) >= 11 is 5.95. The van der Waals surface area contributed by atoms with Crippen molar-refractivity contribution in [3.05, 3.63) is 81.6 Å². The molecule has 0 radical (unpaired) electrons. The molecule has 2 aliphatic rings. The first kappa shape index (κ1) is 25.3. The molecule has 2 aromatic heterocycles. The van der Waals surface area contributed by atoms with Gasteiger partial charge in [-0.25, -0.2) is 4.39 Å². The molecule has 3 N–H and O–H groups in total. The molecule has 37 heavy (non-hydrogen) atoms. The van der Waals surface area contributed by atoms with Gasteiger partial charge in [0.05, 0.1) is 41.0 Å². The predicted octanol–water partition coefficient (Wildman–Crippen LogP) is 3.28. The van der Waals surface area contributed by atoms with Gasteiger partial charge in [-0.2, -0.15) is 5.10 Å². The first-order valence-corrected chi connectivity index (χ1v) is 12.4. The van der Waals surface area contributed by atoms with Gasteiger partial charge in [0, 0.05) is 30.1 Å². The van der Waals surface area contributed by atoms with E-state index in [2.05, 4.69) is 10.1 Å². The highest BCUT2D eigenvalue weighted by Crippen LogP contribution is 2.48. The fourth-order valence-electron chi connectivity index (χ4n) is 4.55. The average molecular weight is 528 g/mol. The van der Waals surface area contributed by atoms with E-state index in [9.17, 15) is 14.7 Å². The van der Waals surface area contributed by atoms with Crippen molar-refractivity contribution in [2.75, 3.05) is 6.61 Å². The molecule has 1 aromatic carbocycles. The van der Waals surface area contributed by atoms with E-state index in [1.807, 2.05) is 6.92 Å². The van der Waals surface area contributed by atoms with Crippen LogP contribution in [0.3, 0.4) is 0 Å². The minimum Gasteiger partial charge on any atom is -0.381 e. The molecule has 9 nitrogen and oxygen atoms in total. The fraction of sp³-hybridized carbons (Fsp3) is 0.385. The Labute approximate surface area is 218 Å². The van der Waals surface area contributed by atoms with Gasteiger partial charge in [0.15, 0.2) is 6.23 Å². The molecule has 1 aliphatic heterocycles. The molecular weight excluding hydrogens is 501 g/mol. The first-order chi connectivity index (χ1) is 17.6. The number of pyridine rings is 1. The van der Waals surface area contributed by atoms with E-state index in [4.69, 9.17) is 22.1 Å². The minimum absolute atomic E-state index is 0.0212. The van der Waals surface area contributed by atoms with Crippen LogP contribution in [-0.4, -0.2) is 43.2 Å². The molecule has 3 heterocycles. The number of aromatic nitrogens is 3. The number of amides is 2. The van der Waals surface area contributed by atoms with Gasteiger partial charge in [-0.05, 0) is 56.5 Å². The topological polar surface area (TPSA) is 124 Å². The molecule has 2 atom stereocenters. The summed E-state index contributed by atoms with van der Waals surface area (Å²) in [5.74, 6) is -1.67. The number of benzene rings is 1. The maximum Gasteiger partial charge on any atom is 0.257 e. The van der Waals surface area contributed by atoms with Crippen molar-refractivity contribution in [3.63, 3.8) is 0 Å². The standard InChI is InChI=1S/C26H27ClFN5O4/c1-3-32-12-16(10-31-32)25(2,36)15-8-19-21(20(28)9-15)23(37-14-26(6-7-26)24(29)35)33(22(19)34)13-18-5-4-17(27)11-30-18/h4-5,8-12,23,36H,3,6-7,13-14H2,1-2H3,(H2,29,35). The lowest BCUT2D eigenvalue weighted by Crippen LogP contribution is -2.34. The van der Waals surface area contributed by atoms with E-state index in [0.717, 1.165) is 0 Å². The molecule has 3 aromatic rings. The molecule has 0 bridgehead atoms. The van der Waals surface area contributed by atoms with E-state index in [-0.39, 0.29) is 29.8 Å². The molecule has 1 saturated carbocycles. The molecule has 2 amide bonds. The van der Waals surface area contributed by atoms with Crippen molar-refractivity contribution in [3.8, 4) is 0 Å². The summed E-state index contributed by atoms with van der Waals surface area (Å²) in [7, 11) is 0. The highest BCUT2D eigenvalue weighted by Gasteiger charge is 2.51. The van der Waals surface area contributed by atoms with Gasteiger partial charge in [0.25, 0.3) is 5.91 Å². The molecule has 5 rings (SSSR count). The number of hydrogen-bond acceptors (Lipinski definition) is 6. The Morgan fingerprint density at radius 2 is 2.08 bits per heavy atom. The number of primary amides is 1. The van der Waals surface area contributed by atoms with Crippen LogP contribution >= 0.6 is 11.6 Å². The summed E-state index contributed by atoms with van der Waals surface area (Å²) < 4.78 is 23.4. The third kappa shape index (κ3) is 4.49. The normalized spacial score (nSPS) is 19.5. The van der Waals surface area contributed by atoms with E-state index in [1.54, 1.807) is 23.0 Å². The Bertz CT molecular complexity index is 1370. The Morgan fingerprint density at radius 3 is 2.68 bits per heavy atom. The third-order valence-electron chi connectivity index (χ3n) is 7.25. The van der Waals surface area contributed by atoms with Crippen LogP contribution < -0.4 is 5.73 Å². The first-order valence-electron chi connectivity index (χ1n) is 12.0. The fourth-order valence-corrected chi connectivity index (χ4v) is 4.66. The number of halogens is 2. The van der Waals surface area contributed by atoms with E-state index in [0.29, 0.717) is 35.7 Å². The molecule has 1 aliphatic carbocycles. The number of aliphatic hydroxyl groups is 1. The zero-order valence-corrected chi connectivity index (χ0v) is 21.2. The Balaban J connectivity index is 1.53. The highest BCUT2D eigenvalue weighted by atomic mass is 35.5. The molecule has 11 heteroatoms. The van der Waals surface area contributed by atoms with Gasteiger partial charge in [0.1, 0.15) is 11.4 Å². The lowest BCUT2D eigenvalue weighted by Gasteiger charge is -2.27. The third-order valence-corrected chi connectivity index (χ3v) is 7.47. The van der Waals surface area contributed by atoms with Gasteiger partial charge < -0.3 is 20.5 Å². The van der Waals surface area contributed by atoms with Crippen molar-refractivity contribution >= 4 is 23.4 Å². The van der Waals surface area contributed by atoms with Crippen molar-refractivity contribution in [2.24, 2.45) is 11.1 Å². The maximum absolute atomic E-state index is 15.7. The Kier molecular flexibility index (Phi) is 6.29. The van der Waals surface area contributed by atoms with Crippen LogP contribution in [-0.2, 0) is 28.2 Å². The Hall–Kier alpha value is -3.34. The molecular formula is C26H27ClFN5O4. The number of ether oxygens (including phenoxy) is 1. The maximum atomic E-state index is 15.7. The Morgan fingerprint density at radius 1 is 1.32 bits per heavy atom. The number of rotatable bonds is 9. The van der Waals surface area contributed by atoms with Crippen LogP contribution in [0.1, 0.15) is 65.7 Å². The van der Waals surface area contributed by atoms with Crippen LogP contribution in [0.2, 0.25) is 5.02 Å². The van der Waals surface area contributed by atoms with Gasteiger partial charge >= 0.3 is 0 Å². The van der Waals surface area contributed by atoms with E-state index < -0.39 is 34.9 Å². The number of carbonyl (C=O) groups is 2. The van der Waals surface area contributed by atoms with Crippen molar-refractivity contribution in [1.82, 2.24) is 19.7 Å². The average Bonchev–Trinajstić information content (AvgIpc) is 3.41. The van der Waals surface area contributed by atoms with Gasteiger partial charge in [-0.1, -0.05) is 11.6 Å². The van der Waals surface area contributed by atoms with Crippen molar-refractivity contribution in [1.29, 1.82) is 0 Å². The van der Waals surface area contributed by atoms with Gasteiger partial charge in [0.2, 0.25) is 5.91 Å². The summed E-state index contributed by atoms with van der Waals surface area (Å²) in [5, 5.41) is 16.0. The predicted molar refractivity (Wildman–Crippen MR) is 132 cm³/mol. The largest absolute Gasteiger partial charge is 0.381 e. The number of hydrogen-bond donors (Lipinski definition) is 2. The number of nitrogens with two attached hydrogens (primary N) is 1. The molecule has 1 fully saturated rings. The van der Waals surface area contributed by atoms with E-state index >= 15 is 4.39 Å². The SMILES string of the molecule is CCn1cc(C(C)(O)c2cc(F)c3c(c2)C(=O)N(Cc2ccc(Cl)cn2)C3OCC2(C(N)=O)CC2)cn1. The van der Waals surface area contributed by atoms with Crippen molar-refractivity contribution < 1.29 is 23.8 Å². The summed E-state index contributed by atoms with van der Waals surface area (Å²) in [4.78, 5) is 31.1. The summed E-state index contributed by atoms with van der Waals surface area (Å²) in [6.45, 7) is 4.02. The summed E-state index contributed by atoms with van der Waals surface area (Å²) in [6.07, 6.45) is 4.70. The second-order valence-electron chi connectivity index (χ2n) is 9.78. The quantitative estimate of drug-likeness (QED) is 0.440. The second kappa shape index (κ2) is 9.20. The lowest BCUT2D eigenvalue weighted by molar-refractivity contribution is -0.129. The molecule has 2 unspecified atom stereocenters. The number of fused-ring (bicyclic) bond motifs is 1. The van der Waals surface area contributed by atoms with Crippen LogP contribution in [0.25, 0.3) is 0 Å². The molecule has 0 spiro atoms. The van der Waals surface area contributed by atoms with Crippen LogP contribution in [0.15, 0.2) is 42.9 Å². The minimum atomic E-state index is -1.60. The van der Waals surface area contributed by atoms with Crippen molar-refractivity contribution in [2.45, 2.75) is 51.6 Å². The molecule has 0 saturated heterocycles. The van der Waals surface area contributed by atoms with Crippen LogP contribution in [0.4, 0.5) is 4.39 Å². The second-order valence-corrected chi connectivity index (χ2v) is 10.2. The summed E-state index contributed by atoms with van der Waals surface area (Å²) in [6, 6.07) is 6.00. The van der Waals surface area contributed by atoms with Gasteiger partial charge in [-0.3, -0.25) is 19.3 Å². The number of carbonyl (C=O) groups excluding carboxylic acids is 2. The monoisotopic (exact) mass is 527 g/mol. The highest BCUT2D eigenvalue weighted by molar-refractivity contribution is 6.30. The zero-order valence-electron chi connectivity index (χ0n) is 20.4. The summed E-state index contributed by atoms with van der Waals surface area (Å²) in [5.41, 5.74) is 4.44. The number of aryl methyl sites for hydroxylation is 1. The van der Waals surface area contributed by atoms with Crippen LogP contribution in [0.5, 0.6) is 0 Å². The molecule has 194 valence electrons. The van der Waals surface area contributed by atoms with E-state index in [1.165, 1.54) is 36.4 Å². The van der Waals surface area contributed by atoms with Crippen LogP contribution in [0, 0.1) is 11.2 Å². The van der Waals surface area contributed by atoms with Gasteiger partial charge in [-0.15, -0.1) is 0 Å². The zero-order chi connectivity index (χ0) is 26.5. The smallest absolute Gasteiger partial charge is 0.257 e. The number of nitrogens with zero attached hydrogens (tertiary/aromatic N) is 4.